The Morgan fingerprint density at radius 3 is 1.14 bits per heavy atom. The molecule has 0 atom stereocenters. The third-order valence-corrected chi connectivity index (χ3v) is 5.54. The number of hydrogen-bond acceptors (Lipinski definition) is 1. The van der Waals surface area contributed by atoms with E-state index in [2.05, 4.69) is 41.5 Å². The molecule has 0 aliphatic rings. The van der Waals surface area contributed by atoms with Crippen LogP contribution in [0, 0.1) is 17.8 Å². The summed E-state index contributed by atoms with van der Waals surface area (Å²) in [5.74, 6) is 2.47. The maximum atomic E-state index is 6.22. The Labute approximate surface area is 138 Å². The van der Waals surface area contributed by atoms with Crippen LogP contribution in [0.15, 0.2) is 0 Å². The Morgan fingerprint density at radius 2 is 0.952 bits per heavy atom. The lowest BCUT2D eigenvalue weighted by molar-refractivity contribution is 0.0403. The average Bonchev–Trinajstić information content (AvgIpc) is 2.36. The fourth-order valence-electron chi connectivity index (χ4n) is 3.18. The standard InChI is InChI=1S/C19H42OSi/c1-16(2)10-7-13-19(20-21,14-8-11-17(3)4)15-9-12-18(5)6/h16-18H,7-15H2,1-6,21H3. The normalized spacial score (nSPS) is 13.0. The van der Waals surface area contributed by atoms with Crippen molar-refractivity contribution in [3.05, 3.63) is 0 Å². The summed E-state index contributed by atoms with van der Waals surface area (Å²) in [6.07, 6.45) is 11.9. The molecule has 0 heterocycles. The van der Waals surface area contributed by atoms with Crippen LogP contribution in [0.4, 0.5) is 0 Å². The van der Waals surface area contributed by atoms with E-state index in [4.69, 9.17) is 4.43 Å². The van der Waals surface area contributed by atoms with Gasteiger partial charge in [0, 0.05) is 0 Å². The van der Waals surface area contributed by atoms with E-state index < -0.39 is 0 Å². The van der Waals surface area contributed by atoms with Crippen LogP contribution in [0.2, 0.25) is 0 Å². The minimum Gasteiger partial charge on any atom is -0.422 e. The van der Waals surface area contributed by atoms with Crippen LogP contribution in [0.5, 0.6) is 0 Å². The first-order chi connectivity index (χ1) is 9.81. The van der Waals surface area contributed by atoms with E-state index in [1.807, 2.05) is 0 Å². The summed E-state index contributed by atoms with van der Waals surface area (Å²) in [7, 11) is 0.885. The summed E-state index contributed by atoms with van der Waals surface area (Å²) in [5, 5.41) is 0. The fraction of sp³-hybridized carbons (Fsp3) is 1.00. The molecule has 0 spiro atoms. The van der Waals surface area contributed by atoms with Crippen LogP contribution < -0.4 is 0 Å². The van der Waals surface area contributed by atoms with Crippen molar-refractivity contribution in [2.24, 2.45) is 17.8 Å². The Kier molecular flexibility index (Phi) is 11.8. The highest BCUT2D eigenvalue weighted by molar-refractivity contribution is 5.98. The SMILES string of the molecule is CC(C)CCCC(CCCC(C)C)(CCCC(C)C)O[SiH3]. The van der Waals surface area contributed by atoms with Gasteiger partial charge in [0.05, 0.1) is 5.60 Å². The van der Waals surface area contributed by atoms with Crippen LogP contribution in [0.1, 0.15) is 99.3 Å². The van der Waals surface area contributed by atoms with Crippen molar-refractivity contribution in [3.8, 4) is 0 Å². The van der Waals surface area contributed by atoms with Gasteiger partial charge in [-0.15, -0.1) is 0 Å². The molecule has 0 aromatic heterocycles. The molecule has 0 amide bonds. The van der Waals surface area contributed by atoms with Gasteiger partial charge in [-0.2, -0.15) is 0 Å². The molecule has 2 heteroatoms. The van der Waals surface area contributed by atoms with Gasteiger partial charge in [-0.1, -0.05) is 80.1 Å². The zero-order valence-electron chi connectivity index (χ0n) is 16.0. The molecule has 0 unspecified atom stereocenters. The summed E-state index contributed by atoms with van der Waals surface area (Å²) in [5.41, 5.74) is 0.213. The van der Waals surface area contributed by atoms with Crippen LogP contribution in [0.3, 0.4) is 0 Å². The maximum absolute atomic E-state index is 6.22. The zero-order valence-corrected chi connectivity index (χ0v) is 18.0. The summed E-state index contributed by atoms with van der Waals surface area (Å²) in [4.78, 5) is 0. The zero-order chi connectivity index (χ0) is 16.3. The highest BCUT2D eigenvalue weighted by Crippen LogP contribution is 2.32. The quantitative estimate of drug-likeness (QED) is 0.408. The van der Waals surface area contributed by atoms with Gasteiger partial charge >= 0.3 is 0 Å². The number of rotatable bonds is 13. The molecule has 0 saturated heterocycles. The van der Waals surface area contributed by atoms with E-state index in [0.29, 0.717) is 0 Å². The lowest BCUT2D eigenvalue weighted by Crippen LogP contribution is -2.32. The van der Waals surface area contributed by atoms with Crippen molar-refractivity contribution in [2.75, 3.05) is 0 Å². The van der Waals surface area contributed by atoms with Crippen molar-refractivity contribution in [1.29, 1.82) is 0 Å². The lowest BCUT2D eigenvalue weighted by atomic mass is 9.83. The van der Waals surface area contributed by atoms with Crippen LogP contribution in [-0.2, 0) is 4.43 Å². The Bertz CT molecular complexity index is 200. The van der Waals surface area contributed by atoms with E-state index in [0.717, 1.165) is 28.2 Å². The minimum atomic E-state index is 0.213. The molecular formula is C19H42OSi. The molecule has 0 saturated carbocycles. The van der Waals surface area contributed by atoms with E-state index in [-0.39, 0.29) is 5.60 Å². The van der Waals surface area contributed by atoms with Gasteiger partial charge in [-0.3, -0.25) is 0 Å². The van der Waals surface area contributed by atoms with Gasteiger partial charge < -0.3 is 4.43 Å². The smallest absolute Gasteiger partial charge is 0.146 e. The van der Waals surface area contributed by atoms with E-state index in [1.165, 1.54) is 57.8 Å². The van der Waals surface area contributed by atoms with Crippen molar-refractivity contribution in [1.82, 2.24) is 0 Å². The summed E-state index contributed by atoms with van der Waals surface area (Å²) < 4.78 is 6.22. The van der Waals surface area contributed by atoms with Crippen LogP contribution in [-0.4, -0.2) is 16.1 Å². The molecule has 128 valence electrons. The van der Waals surface area contributed by atoms with E-state index >= 15 is 0 Å². The Hall–Kier alpha value is 0.177. The van der Waals surface area contributed by atoms with Crippen LogP contribution >= 0.6 is 0 Å². The molecule has 0 fully saturated rings. The van der Waals surface area contributed by atoms with Gasteiger partial charge in [0.25, 0.3) is 0 Å². The van der Waals surface area contributed by atoms with Crippen molar-refractivity contribution >= 4 is 10.5 Å². The van der Waals surface area contributed by atoms with Crippen molar-refractivity contribution < 1.29 is 4.43 Å². The lowest BCUT2D eigenvalue weighted by Gasteiger charge is -2.34. The molecule has 0 aliphatic carbocycles. The second kappa shape index (κ2) is 11.7. The predicted molar refractivity (Wildman–Crippen MR) is 99.8 cm³/mol. The van der Waals surface area contributed by atoms with E-state index in [9.17, 15) is 0 Å². The van der Waals surface area contributed by atoms with Gasteiger partial charge in [0.15, 0.2) is 0 Å². The summed E-state index contributed by atoms with van der Waals surface area (Å²) >= 11 is 0. The third-order valence-electron chi connectivity index (χ3n) is 4.67. The molecule has 21 heavy (non-hydrogen) atoms. The van der Waals surface area contributed by atoms with Gasteiger partial charge in [-0.25, -0.2) is 0 Å². The highest BCUT2D eigenvalue weighted by Gasteiger charge is 2.28. The summed E-state index contributed by atoms with van der Waals surface area (Å²) in [6.45, 7) is 14.0. The van der Waals surface area contributed by atoms with Gasteiger partial charge in [0.1, 0.15) is 10.5 Å². The minimum absolute atomic E-state index is 0.213. The monoisotopic (exact) mass is 314 g/mol. The first kappa shape index (κ1) is 21.2. The topological polar surface area (TPSA) is 9.23 Å². The molecule has 1 nitrogen and oxygen atoms in total. The molecule has 0 N–H and O–H groups in total. The predicted octanol–water partition coefficient (Wildman–Crippen LogP) is 5.50. The van der Waals surface area contributed by atoms with Crippen molar-refractivity contribution in [2.45, 2.75) is 105 Å². The van der Waals surface area contributed by atoms with Crippen molar-refractivity contribution in [3.63, 3.8) is 0 Å². The second-order valence-electron chi connectivity index (χ2n) is 8.25. The van der Waals surface area contributed by atoms with Crippen LogP contribution in [0.25, 0.3) is 0 Å². The molecule has 0 radical (unpaired) electrons. The first-order valence-electron chi connectivity index (χ1n) is 9.36. The molecule has 0 bridgehead atoms. The Balaban J connectivity index is 4.43. The average molecular weight is 315 g/mol. The maximum Gasteiger partial charge on any atom is 0.146 e. The molecule has 0 aromatic carbocycles. The molecule has 0 aromatic rings. The van der Waals surface area contributed by atoms with Gasteiger partial charge in [-0.05, 0) is 37.0 Å². The largest absolute Gasteiger partial charge is 0.422 e. The van der Waals surface area contributed by atoms with E-state index in [1.54, 1.807) is 0 Å². The molecular weight excluding hydrogens is 272 g/mol. The van der Waals surface area contributed by atoms with Gasteiger partial charge in [0.2, 0.25) is 0 Å². The Morgan fingerprint density at radius 1 is 0.667 bits per heavy atom. The summed E-state index contributed by atoms with van der Waals surface area (Å²) in [6, 6.07) is 0. The number of hydrogen-bond donors (Lipinski definition) is 0. The first-order valence-corrected chi connectivity index (χ1v) is 10.2. The molecule has 0 rings (SSSR count). The molecule has 0 aliphatic heterocycles. The third kappa shape index (κ3) is 11.4. The second-order valence-corrected chi connectivity index (χ2v) is 8.65. The fourth-order valence-corrected chi connectivity index (χ4v) is 3.79. The highest BCUT2D eigenvalue weighted by atomic mass is 28.2.